The van der Waals surface area contributed by atoms with Gasteiger partial charge in [-0.1, -0.05) is 46.7 Å². The van der Waals surface area contributed by atoms with Gasteiger partial charge in [0.25, 0.3) is 5.91 Å². The van der Waals surface area contributed by atoms with Gasteiger partial charge in [0.1, 0.15) is 5.76 Å². The SMILES string of the molecule is Cc1ccc(C)c2sc(NC(=O)c3ccc(-c4ccc(Cl)c(Cl)c4)o3)nc12. The van der Waals surface area contributed by atoms with Crippen molar-refractivity contribution in [3.8, 4) is 11.3 Å². The monoisotopic (exact) mass is 416 g/mol. The zero-order chi connectivity index (χ0) is 19.1. The minimum absolute atomic E-state index is 0.198. The second-order valence-corrected chi connectivity index (χ2v) is 7.96. The van der Waals surface area contributed by atoms with Crippen molar-refractivity contribution in [2.45, 2.75) is 13.8 Å². The van der Waals surface area contributed by atoms with Crippen molar-refractivity contribution >= 4 is 55.8 Å². The third-order valence-electron chi connectivity index (χ3n) is 4.20. The fraction of sp³-hybridized carbons (Fsp3) is 0.100. The number of hydrogen-bond donors (Lipinski definition) is 1. The molecular weight excluding hydrogens is 403 g/mol. The summed E-state index contributed by atoms with van der Waals surface area (Å²) in [6, 6.07) is 12.6. The highest BCUT2D eigenvalue weighted by Gasteiger charge is 2.16. The van der Waals surface area contributed by atoms with Crippen LogP contribution in [0.4, 0.5) is 5.13 Å². The number of anilines is 1. The molecule has 4 aromatic rings. The number of halogens is 2. The van der Waals surface area contributed by atoms with E-state index in [1.165, 1.54) is 11.3 Å². The predicted molar refractivity (Wildman–Crippen MR) is 111 cm³/mol. The number of hydrogen-bond acceptors (Lipinski definition) is 4. The molecule has 0 saturated carbocycles. The number of aromatic nitrogens is 1. The summed E-state index contributed by atoms with van der Waals surface area (Å²) in [7, 11) is 0. The Kier molecular flexibility index (Phi) is 4.68. The molecule has 4 rings (SSSR count). The first-order valence-electron chi connectivity index (χ1n) is 8.16. The van der Waals surface area contributed by atoms with Gasteiger partial charge < -0.3 is 4.42 Å². The molecule has 0 radical (unpaired) electrons. The lowest BCUT2D eigenvalue weighted by Crippen LogP contribution is -2.10. The van der Waals surface area contributed by atoms with E-state index in [2.05, 4.69) is 16.4 Å². The number of aryl methyl sites for hydroxylation is 2. The normalized spacial score (nSPS) is 11.1. The minimum Gasteiger partial charge on any atom is -0.451 e. The van der Waals surface area contributed by atoms with Crippen LogP contribution in [0.25, 0.3) is 21.5 Å². The van der Waals surface area contributed by atoms with E-state index < -0.39 is 0 Å². The van der Waals surface area contributed by atoms with Crippen LogP contribution >= 0.6 is 34.5 Å². The molecule has 0 aliphatic rings. The van der Waals surface area contributed by atoms with Crippen LogP contribution in [0, 0.1) is 13.8 Å². The third kappa shape index (κ3) is 3.46. The quantitative estimate of drug-likeness (QED) is 0.402. The van der Waals surface area contributed by atoms with Gasteiger partial charge in [0, 0.05) is 5.56 Å². The van der Waals surface area contributed by atoms with Crippen molar-refractivity contribution in [1.29, 1.82) is 0 Å². The topological polar surface area (TPSA) is 55.1 Å². The second-order valence-electron chi connectivity index (χ2n) is 6.14. The summed E-state index contributed by atoms with van der Waals surface area (Å²) in [6.07, 6.45) is 0. The molecule has 2 heterocycles. The van der Waals surface area contributed by atoms with E-state index in [4.69, 9.17) is 27.6 Å². The fourth-order valence-corrected chi connectivity index (χ4v) is 4.04. The van der Waals surface area contributed by atoms with E-state index in [9.17, 15) is 4.79 Å². The van der Waals surface area contributed by atoms with Crippen LogP contribution < -0.4 is 5.32 Å². The average Bonchev–Trinajstić information content (AvgIpc) is 3.28. The van der Waals surface area contributed by atoms with E-state index in [-0.39, 0.29) is 11.7 Å². The zero-order valence-electron chi connectivity index (χ0n) is 14.5. The van der Waals surface area contributed by atoms with Crippen LogP contribution in [0.5, 0.6) is 0 Å². The number of furan rings is 1. The Morgan fingerprint density at radius 2 is 1.81 bits per heavy atom. The molecule has 1 amide bonds. The zero-order valence-corrected chi connectivity index (χ0v) is 16.8. The first-order valence-corrected chi connectivity index (χ1v) is 9.73. The van der Waals surface area contributed by atoms with Crippen LogP contribution in [-0.4, -0.2) is 10.9 Å². The molecule has 2 aromatic heterocycles. The molecular formula is C20H14Cl2N2O2S. The molecule has 0 spiro atoms. The molecule has 0 aliphatic heterocycles. The minimum atomic E-state index is -0.351. The molecule has 0 aliphatic carbocycles. The van der Waals surface area contributed by atoms with Gasteiger partial charge in [0.15, 0.2) is 10.9 Å². The number of rotatable bonds is 3. The molecule has 0 unspecified atom stereocenters. The van der Waals surface area contributed by atoms with Gasteiger partial charge in [-0.3, -0.25) is 10.1 Å². The van der Waals surface area contributed by atoms with Gasteiger partial charge >= 0.3 is 0 Å². The molecule has 4 nitrogen and oxygen atoms in total. The summed E-state index contributed by atoms with van der Waals surface area (Å²) in [6.45, 7) is 4.03. The fourth-order valence-electron chi connectivity index (χ4n) is 2.74. The van der Waals surface area contributed by atoms with Crippen LogP contribution in [0.15, 0.2) is 46.9 Å². The summed E-state index contributed by atoms with van der Waals surface area (Å²) in [5.41, 5.74) is 3.86. The number of carbonyl (C=O) groups excluding carboxylic acids is 1. The second kappa shape index (κ2) is 7.00. The molecule has 7 heteroatoms. The highest BCUT2D eigenvalue weighted by Crippen LogP contribution is 2.32. The summed E-state index contributed by atoms with van der Waals surface area (Å²) in [5, 5.41) is 4.25. The van der Waals surface area contributed by atoms with E-state index >= 15 is 0 Å². The van der Waals surface area contributed by atoms with Crippen molar-refractivity contribution in [1.82, 2.24) is 4.98 Å². The van der Waals surface area contributed by atoms with Gasteiger partial charge in [-0.2, -0.15) is 0 Å². The Bertz CT molecular complexity index is 1140. The Balaban J connectivity index is 1.59. The Morgan fingerprint density at radius 3 is 2.56 bits per heavy atom. The van der Waals surface area contributed by atoms with Gasteiger partial charge in [-0.05, 0) is 55.3 Å². The van der Waals surface area contributed by atoms with Gasteiger partial charge in [0.2, 0.25) is 0 Å². The van der Waals surface area contributed by atoms with E-state index in [1.54, 1.807) is 30.3 Å². The van der Waals surface area contributed by atoms with E-state index in [0.29, 0.717) is 20.9 Å². The number of carbonyl (C=O) groups is 1. The Morgan fingerprint density at radius 1 is 1.04 bits per heavy atom. The summed E-state index contributed by atoms with van der Waals surface area (Å²) >= 11 is 13.4. The first kappa shape index (κ1) is 18.0. The molecule has 0 fully saturated rings. The number of nitrogens with one attached hydrogen (secondary N) is 1. The lowest BCUT2D eigenvalue weighted by atomic mass is 10.1. The molecule has 1 N–H and O–H groups in total. The Labute approximate surface area is 169 Å². The molecule has 0 atom stereocenters. The van der Waals surface area contributed by atoms with Crippen LogP contribution in [-0.2, 0) is 0 Å². The highest BCUT2D eigenvalue weighted by molar-refractivity contribution is 7.22. The van der Waals surface area contributed by atoms with Crippen molar-refractivity contribution in [2.24, 2.45) is 0 Å². The summed E-state index contributed by atoms with van der Waals surface area (Å²) in [4.78, 5) is 17.1. The van der Waals surface area contributed by atoms with E-state index in [1.807, 2.05) is 19.9 Å². The molecule has 0 saturated heterocycles. The van der Waals surface area contributed by atoms with Crippen LogP contribution in [0.2, 0.25) is 10.0 Å². The highest BCUT2D eigenvalue weighted by atomic mass is 35.5. The molecule has 0 bridgehead atoms. The number of nitrogens with zero attached hydrogens (tertiary/aromatic N) is 1. The number of amides is 1. The first-order chi connectivity index (χ1) is 12.9. The molecule has 136 valence electrons. The number of fused-ring (bicyclic) bond motifs is 1. The van der Waals surface area contributed by atoms with Crippen LogP contribution in [0.1, 0.15) is 21.7 Å². The smallest absolute Gasteiger partial charge is 0.293 e. The maximum Gasteiger partial charge on any atom is 0.293 e. The van der Waals surface area contributed by atoms with Crippen molar-refractivity contribution in [2.75, 3.05) is 5.32 Å². The molecule has 2 aromatic carbocycles. The van der Waals surface area contributed by atoms with Gasteiger partial charge in [0.05, 0.1) is 20.3 Å². The van der Waals surface area contributed by atoms with Crippen LogP contribution in [0.3, 0.4) is 0 Å². The number of benzene rings is 2. The summed E-state index contributed by atoms with van der Waals surface area (Å²) in [5.74, 6) is 0.383. The lowest BCUT2D eigenvalue weighted by molar-refractivity contribution is 0.0997. The van der Waals surface area contributed by atoms with E-state index in [0.717, 1.165) is 26.9 Å². The summed E-state index contributed by atoms with van der Waals surface area (Å²) < 4.78 is 6.75. The standard InChI is InChI=1S/C20H14Cl2N2O2S/c1-10-3-4-11(2)18-17(10)23-20(27-18)24-19(25)16-8-7-15(26-16)12-5-6-13(21)14(22)9-12/h3-9H,1-2H3,(H,23,24,25). The maximum atomic E-state index is 12.5. The lowest BCUT2D eigenvalue weighted by Gasteiger charge is -2.00. The number of thiazole rings is 1. The average molecular weight is 417 g/mol. The Hall–Kier alpha value is -2.34. The maximum absolute atomic E-state index is 12.5. The van der Waals surface area contributed by atoms with Crippen molar-refractivity contribution in [3.05, 3.63) is 69.4 Å². The largest absolute Gasteiger partial charge is 0.451 e. The van der Waals surface area contributed by atoms with Gasteiger partial charge in [-0.25, -0.2) is 4.98 Å². The molecule has 27 heavy (non-hydrogen) atoms. The van der Waals surface area contributed by atoms with Gasteiger partial charge in [-0.15, -0.1) is 0 Å². The third-order valence-corrected chi connectivity index (χ3v) is 6.04. The van der Waals surface area contributed by atoms with Crippen molar-refractivity contribution in [3.63, 3.8) is 0 Å². The van der Waals surface area contributed by atoms with Crippen molar-refractivity contribution < 1.29 is 9.21 Å². The predicted octanol–water partition coefficient (Wildman–Crippen LogP) is 6.73.